The van der Waals surface area contributed by atoms with Crippen molar-refractivity contribution < 1.29 is 15.4 Å². The number of hydrogen-bond acceptors (Lipinski definition) is 1. The molecule has 10 heavy (non-hydrogen) atoms. The Labute approximate surface area is 60.4 Å². The van der Waals surface area contributed by atoms with Crippen LogP contribution >= 0.6 is 0 Å². The fourth-order valence-corrected chi connectivity index (χ4v) is 1.35. The molecule has 0 aromatic rings. The van der Waals surface area contributed by atoms with Gasteiger partial charge >= 0.3 is 5.97 Å². The molecule has 60 valence electrons. The second-order valence-electron chi connectivity index (χ2n) is 2.67. The van der Waals surface area contributed by atoms with Gasteiger partial charge in [0, 0.05) is 0 Å². The van der Waals surface area contributed by atoms with E-state index >= 15 is 0 Å². The monoisotopic (exact) mass is 146 g/mol. The third-order valence-electron chi connectivity index (χ3n) is 1.95. The highest BCUT2D eigenvalue weighted by atomic mass is 16.4. The number of carbonyl (C=O) groups is 1. The van der Waals surface area contributed by atoms with E-state index in [-0.39, 0.29) is 11.4 Å². The summed E-state index contributed by atoms with van der Waals surface area (Å²) in [6.07, 6.45) is 5.24. The van der Waals surface area contributed by atoms with E-state index in [1.165, 1.54) is 6.42 Å². The number of hydrogen-bond donors (Lipinski definition) is 1. The molecule has 1 rings (SSSR count). The fourth-order valence-electron chi connectivity index (χ4n) is 1.35. The third-order valence-corrected chi connectivity index (χ3v) is 1.95. The highest BCUT2D eigenvalue weighted by Gasteiger charge is 2.19. The van der Waals surface area contributed by atoms with Gasteiger partial charge in [-0.1, -0.05) is 19.3 Å². The van der Waals surface area contributed by atoms with Crippen LogP contribution in [0.25, 0.3) is 0 Å². The number of rotatable bonds is 1. The molecule has 0 aromatic heterocycles. The molecule has 1 fully saturated rings. The van der Waals surface area contributed by atoms with Crippen LogP contribution in [0.4, 0.5) is 0 Å². The Kier molecular flexibility index (Phi) is 4.03. The average Bonchev–Trinajstić information content (AvgIpc) is 1.90. The zero-order chi connectivity index (χ0) is 6.69. The highest BCUT2D eigenvalue weighted by Crippen LogP contribution is 2.23. The lowest BCUT2D eigenvalue weighted by Crippen LogP contribution is -2.16. The summed E-state index contributed by atoms with van der Waals surface area (Å²) in [5.74, 6) is -0.631. The normalized spacial score (nSPS) is 19.6. The lowest BCUT2D eigenvalue weighted by Gasteiger charge is -2.16. The van der Waals surface area contributed by atoms with E-state index in [0.717, 1.165) is 25.7 Å². The summed E-state index contributed by atoms with van der Waals surface area (Å²) in [5.41, 5.74) is 0. The van der Waals surface area contributed by atoms with E-state index in [0.29, 0.717) is 0 Å². The molecule has 1 aliphatic rings. The van der Waals surface area contributed by atoms with E-state index < -0.39 is 5.97 Å². The molecule has 1 aliphatic carbocycles. The van der Waals surface area contributed by atoms with Crippen LogP contribution in [0.1, 0.15) is 32.1 Å². The van der Waals surface area contributed by atoms with Crippen molar-refractivity contribution in [2.45, 2.75) is 32.1 Å². The minimum atomic E-state index is -0.602. The summed E-state index contributed by atoms with van der Waals surface area (Å²) < 4.78 is 0. The van der Waals surface area contributed by atoms with Crippen LogP contribution in [0.3, 0.4) is 0 Å². The minimum Gasteiger partial charge on any atom is -0.481 e. The first-order valence-electron chi connectivity index (χ1n) is 3.53. The first-order chi connectivity index (χ1) is 4.30. The summed E-state index contributed by atoms with van der Waals surface area (Å²) in [6, 6.07) is 0. The zero-order valence-corrected chi connectivity index (χ0v) is 5.97. The molecule has 0 radical (unpaired) electrons. The van der Waals surface area contributed by atoms with Gasteiger partial charge < -0.3 is 10.6 Å². The van der Waals surface area contributed by atoms with Crippen molar-refractivity contribution in [2.24, 2.45) is 5.92 Å². The van der Waals surface area contributed by atoms with Gasteiger partial charge in [0.05, 0.1) is 5.92 Å². The van der Waals surface area contributed by atoms with Crippen LogP contribution in [0.5, 0.6) is 0 Å². The van der Waals surface area contributed by atoms with Gasteiger partial charge in [0.2, 0.25) is 0 Å². The number of aliphatic carboxylic acids is 1. The zero-order valence-electron chi connectivity index (χ0n) is 5.97. The van der Waals surface area contributed by atoms with Crippen molar-refractivity contribution in [1.82, 2.24) is 0 Å². The molecular formula is C7H14O3. The Morgan fingerprint density at radius 3 is 2.00 bits per heavy atom. The van der Waals surface area contributed by atoms with Crippen molar-refractivity contribution in [1.29, 1.82) is 0 Å². The maximum absolute atomic E-state index is 10.4. The Morgan fingerprint density at radius 1 is 1.20 bits per heavy atom. The van der Waals surface area contributed by atoms with Gasteiger partial charge in [-0.3, -0.25) is 4.79 Å². The SMILES string of the molecule is O.O=C(O)C1CCCCC1. The van der Waals surface area contributed by atoms with Gasteiger partial charge in [-0.15, -0.1) is 0 Å². The van der Waals surface area contributed by atoms with E-state index in [4.69, 9.17) is 5.11 Å². The van der Waals surface area contributed by atoms with Crippen molar-refractivity contribution in [2.75, 3.05) is 0 Å². The molecule has 3 heteroatoms. The predicted octanol–water partition coefficient (Wildman–Crippen LogP) is 0.827. The van der Waals surface area contributed by atoms with Crippen LogP contribution in [-0.2, 0) is 4.79 Å². The lowest BCUT2D eigenvalue weighted by atomic mass is 9.90. The Morgan fingerprint density at radius 2 is 1.70 bits per heavy atom. The van der Waals surface area contributed by atoms with E-state index in [1.807, 2.05) is 0 Å². The molecular weight excluding hydrogens is 132 g/mol. The third kappa shape index (κ3) is 2.35. The van der Waals surface area contributed by atoms with Crippen molar-refractivity contribution in [3.63, 3.8) is 0 Å². The van der Waals surface area contributed by atoms with E-state index in [2.05, 4.69) is 0 Å². The summed E-state index contributed by atoms with van der Waals surface area (Å²) in [4.78, 5) is 10.4. The van der Waals surface area contributed by atoms with Crippen LogP contribution in [-0.4, -0.2) is 16.6 Å². The number of carboxylic acids is 1. The van der Waals surface area contributed by atoms with Crippen LogP contribution in [0.15, 0.2) is 0 Å². The van der Waals surface area contributed by atoms with Gasteiger partial charge in [0.25, 0.3) is 0 Å². The Balaban J connectivity index is 0.000000810. The summed E-state index contributed by atoms with van der Waals surface area (Å²) in [6.45, 7) is 0. The molecule has 3 N–H and O–H groups in total. The quantitative estimate of drug-likeness (QED) is 0.595. The van der Waals surface area contributed by atoms with Crippen molar-refractivity contribution in [3.05, 3.63) is 0 Å². The molecule has 0 bridgehead atoms. The highest BCUT2D eigenvalue weighted by molar-refractivity contribution is 5.69. The Bertz CT molecular complexity index is 105. The molecule has 3 nitrogen and oxygen atoms in total. The van der Waals surface area contributed by atoms with Gasteiger partial charge in [0.1, 0.15) is 0 Å². The molecule has 1 saturated carbocycles. The topological polar surface area (TPSA) is 68.8 Å². The minimum absolute atomic E-state index is 0. The van der Waals surface area contributed by atoms with E-state index in [9.17, 15) is 4.79 Å². The Hall–Kier alpha value is -0.570. The maximum Gasteiger partial charge on any atom is 0.306 e. The first kappa shape index (κ1) is 9.43. The average molecular weight is 146 g/mol. The molecule has 0 spiro atoms. The largest absolute Gasteiger partial charge is 0.481 e. The summed E-state index contributed by atoms with van der Waals surface area (Å²) >= 11 is 0. The molecule has 0 aliphatic heterocycles. The summed E-state index contributed by atoms with van der Waals surface area (Å²) in [7, 11) is 0. The van der Waals surface area contributed by atoms with Crippen molar-refractivity contribution in [3.8, 4) is 0 Å². The second kappa shape index (κ2) is 4.28. The smallest absolute Gasteiger partial charge is 0.306 e. The molecule has 0 heterocycles. The number of carboxylic acid groups (broad SMARTS) is 1. The van der Waals surface area contributed by atoms with Crippen LogP contribution in [0, 0.1) is 5.92 Å². The van der Waals surface area contributed by atoms with Gasteiger partial charge in [-0.05, 0) is 12.8 Å². The predicted molar refractivity (Wildman–Crippen MR) is 37.8 cm³/mol. The summed E-state index contributed by atoms with van der Waals surface area (Å²) in [5, 5.41) is 8.54. The maximum atomic E-state index is 10.4. The standard InChI is InChI=1S/C7H12O2.H2O/c8-7(9)6-4-2-1-3-5-6;/h6H,1-5H2,(H,8,9);1H2. The van der Waals surface area contributed by atoms with Gasteiger partial charge in [-0.2, -0.15) is 0 Å². The molecule has 0 unspecified atom stereocenters. The van der Waals surface area contributed by atoms with Crippen LogP contribution in [0.2, 0.25) is 0 Å². The second-order valence-corrected chi connectivity index (χ2v) is 2.67. The van der Waals surface area contributed by atoms with Gasteiger partial charge in [-0.25, -0.2) is 0 Å². The van der Waals surface area contributed by atoms with Crippen molar-refractivity contribution >= 4 is 5.97 Å². The lowest BCUT2D eigenvalue weighted by molar-refractivity contribution is -0.142. The fraction of sp³-hybridized carbons (Fsp3) is 0.857. The van der Waals surface area contributed by atoms with Crippen LogP contribution < -0.4 is 0 Å². The molecule has 0 aromatic carbocycles. The first-order valence-corrected chi connectivity index (χ1v) is 3.53. The molecule has 0 amide bonds. The molecule has 0 saturated heterocycles. The van der Waals surface area contributed by atoms with E-state index in [1.54, 1.807) is 0 Å². The van der Waals surface area contributed by atoms with Gasteiger partial charge in [0.15, 0.2) is 0 Å². The molecule has 0 atom stereocenters.